The van der Waals surface area contributed by atoms with Gasteiger partial charge < -0.3 is 9.40 Å². The van der Waals surface area contributed by atoms with Gasteiger partial charge in [0.1, 0.15) is 5.58 Å². The molecule has 6 aromatic carbocycles. The number of hydrogen-bond acceptors (Lipinski definition) is 3. The van der Waals surface area contributed by atoms with Gasteiger partial charge in [-0.15, -0.1) is 18.2 Å². The molecule has 0 saturated heterocycles. The number of rotatable bonds is 6. The van der Waals surface area contributed by atoms with Crippen LogP contribution >= 0.6 is 0 Å². The Bertz CT molecular complexity index is 2920. The molecule has 0 spiro atoms. The van der Waals surface area contributed by atoms with E-state index in [2.05, 4.69) is 133 Å². The van der Waals surface area contributed by atoms with Gasteiger partial charge in [-0.1, -0.05) is 89.8 Å². The van der Waals surface area contributed by atoms with Crippen LogP contribution in [0.25, 0.3) is 77.8 Å². The number of nitrogens with zero attached hydrogens (tertiary/aromatic N) is 2. The predicted octanol–water partition coefficient (Wildman–Crippen LogP) is 13.5. The second kappa shape index (κ2) is 17.0. The smallest absolute Gasteiger partial charge is 0 e. The molecule has 9 aromatic rings. The SMILES string of the molecule is Cc1cc(-c2[c-]ccc3c2oc2cc(-c4ccccc4)ccc23)ncc1-c1ccccc1.[2H]C([2H])([2H])c1c[c-]c(-c2cc(C)[c]([Ge]([CH3])([CH3])[CH3])cn2)cc1-c1ccccc1.[Ir]. The standard InChI is InChI=1S/C30H20NO.C22H24GeN.Ir/c1-20-17-28(31-19-27(20)22-11-6-3-7-12-22)26-14-8-13-25-24-16-15-23(18-29(24)32-30(25)26)21-9-4-2-5-10-21;1-16-11-12-19(14-20(16)18-9-7-6-8-10-18)22-13-17(2)21(15-24-22)23(3,4)5;/h2-13,15-19H,1H3;6-11,13-15H,1-5H3;/q2*-1;/i;1D3;. The minimum absolute atomic E-state index is 0. The van der Waals surface area contributed by atoms with Crippen molar-refractivity contribution in [1.82, 2.24) is 9.97 Å². The zero-order chi connectivity index (χ0) is 41.3. The van der Waals surface area contributed by atoms with E-state index in [9.17, 15) is 0 Å². The maximum absolute atomic E-state index is 7.87. The summed E-state index contributed by atoms with van der Waals surface area (Å²) in [6.45, 7) is 2.07. The number of aryl methyl sites for hydroxylation is 3. The second-order valence-electron chi connectivity index (χ2n) is 15.2. The Hall–Kier alpha value is -5.39. The van der Waals surface area contributed by atoms with Gasteiger partial charge in [0.25, 0.3) is 0 Å². The maximum atomic E-state index is 7.87. The summed E-state index contributed by atoms with van der Waals surface area (Å²) in [6.07, 6.45) is 3.95. The van der Waals surface area contributed by atoms with Crippen molar-refractivity contribution in [2.24, 2.45) is 0 Å². The fraction of sp³-hybridized carbons (Fsp3) is 0.115. The third-order valence-electron chi connectivity index (χ3n) is 10.2. The van der Waals surface area contributed by atoms with Crippen LogP contribution in [0.4, 0.5) is 0 Å². The molecule has 3 aromatic heterocycles. The molecule has 0 saturated carbocycles. The Morgan fingerprint density at radius 2 is 1.21 bits per heavy atom. The number of hydrogen-bond donors (Lipinski definition) is 0. The molecule has 5 heteroatoms. The van der Waals surface area contributed by atoms with Crippen LogP contribution < -0.4 is 4.40 Å². The molecule has 9 rings (SSSR count). The number of fused-ring (bicyclic) bond motifs is 3. The zero-order valence-corrected chi connectivity index (χ0v) is 37.1. The largest absolute Gasteiger partial charge is 0 e. The first kappa shape index (κ1) is 36.0. The number of furan rings is 1. The van der Waals surface area contributed by atoms with Gasteiger partial charge >= 0.3 is 152 Å². The van der Waals surface area contributed by atoms with E-state index in [4.69, 9.17) is 13.5 Å². The Morgan fingerprint density at radius 1 is 0.579 bits per heavy atom. The molecule has 283 valence electrons. The number of pyridine rings is 2. The van der Waals surface area contributed by atoms with Crippen molar-refractivity contribution in [3.63, 3.8) is 0 Å². The first-order valence-electron chi connectivity index (χ1n) is 20.4. The topological polar surface area (TPSA) is 38.9 Å². The van der Waals surface area contributed by atoms with Gasteiger partial charge in [-0.25, -0.2) is 0 Å². The van der Waals surface area contributed by atoms with Crippen LogP contribution in [-0.4, -0.2) is 23.2 Å². The average Bonchev–Trinajstić information content (AvgIpc) is 3.62. The van der Waals surface area contributed by atoms with E-state index < -0.39 is 20.1 Å². The summed E-state index contributed by atoms with van der Waals surface area (Å²) in [5.41, 5.74) is 14.1. The van der Waals surface area contributed by atoms with Crippen molar-refractivity contribution in [2.45, 2.75) is 38.0 Å². The monoisotopic (exact) mass is 982 g/mol. The second-order valence-corrected chi connectivity index (χ2v) is 25.8. The molecule has 0 atom stereocenters. The quantitative estimate of drug-likeness (QED) is 0.123. The van der Waals surface area contributed by atoms with Gasteiger partial charge in [0, 0.05) is 37.3 Å². The molecule has 3 nitrogen and oxygen atoms in total. The average molecular weight is 981 g/mol. The number of aromatic nitrogens is 2. The fourth-order valence-electron chi connectivity index (χ4n) is 7.34. The maximum Gasteiger partial charge on any atom is 0 e. The van der Waals surface area contributed by atoms with Crippen LogP contribution in [0.5, 0.6) is 0 Å². The summed E-state index contributed by atoms with van der Waals surface area (Å²) in [5.74, 6) is 7.07. The molecule has 0 aliphatic heterocycles. The van der Waals surface area contributed by atoms with Crippen molar-refractivity contribution < 1.29 is 28.6 Å². The molecule has 0 N–H and O–H groups in total. The minimum atomic E-state index is -2.19. The molecule has 0 unspecified atom stereocenters. The van der Waals surface area contributed by atoms with Crippen LogP contribution in [0.3, 0.4) is 0 Å². The summed E-state index contributed by atoms with van der Waals surface area (Å²) in [7, 11) is 0. The fourth-order valence-corrected chi connectivity index (χ4v) is 10.9. The van der Waals surface area contributed by atoms with Gasteiger partial charge in [-0.2, -0.15) is 0 Å². The molecular weight excluding hydrogens is 933 g/mol. The van der Waals surface area contributed by atoms with Gasteiger partial charge in [-0.05, 0) is 40.9 Å². The Balaban J connectivity index is 0.000000182. The summed E-state index contributed by atoms with van der Waals surface area (Å²) in [6, 6.07) is 55.0. The zero-order valence-electron chi connectivity index (χ0n) is 35.6. The van der Waals surface area contributed by atoms with Crippen LogP contribution in [0.15, 0.2) is 162 Å². The van der Waals surface area contributed by atoms with Crippen LogP contribution in [0, 0.1) is 32.8 Å². The van der Waals surface area contributed by atoms with Crippen molar-refractivity contribution in [3.8, 4) is 55.9 Å². The summed E-state index contributed by atoms with van der Waals surface area (Å²) in [5, 5.41) is 2.19. The van der Waals surface area contributed by atoms with E-state index >= 15 is 0 Å². The van der Waals surface area contributed by atoms with Gasteiger partial charge in [-0.3, -0.25) is 0 Å². The molecule has 0 amide bonds. The summed E-state index contributed by atoms with van der Waals surface area (Å²) in [4.78, 5) is 9.46. The van der Waals surface area contributed by atoms with Crippen LogP contribution in [0.1, 0.15) is 20.8 Å². The molecule has 0 aliphatic carbocycles. The Morgan fingerprint density at radius 3 is 1.84 bits per heavy atom. The van der Waals surface area contributed by atoms with Crippen molar-refractivity contribution in [2.75, 3.05) is 0 Å². The Kier molecular flexibility index (Phi) is 10.7. The predicted molar refractivity (Wildman–Crippen MR) is 238 cm³/mol. The van der Waals surface area contributed by atoms with E-state index in [1.807, 2.05) is 67.0 Å². The van der Waals surface area contributed by atoms with Crippen LogP contribution in [0.2, 0.25) is 17.3 Å². The minimum Gasteiger partial charge on any atom is 0 e. The normalized spacial score (nSPS) is 12.2. The number of benzene rings is 6. The first-order chi connectivity index (χ1) is 28.3. The molecule has 0 fully saturated rings. The van der Waals surface area contributed by atoms with E-state index in [-0.39, 0.29) is 20.1 Å². The summed E-state index contributed by atoms with van der Waals surface area (Å²) < 4.78 is 31.4. The van der Waals surface area contributed by atoms with E-state index in [1.54, 1.807) is 6.07 Å². The van der Waals surface area contributed by atoms with Crippen molar-refractivity contribution in [3.05, 3.63) is 187 Å². The molecule has 0 bridgehead atoms. The third-order valence-corrected chi connectivity index (χ3v) is 14.7. The third kappa shape index (κ3) is 8.50. The Labute approximate surface area is 356 Å². The van der Waals surface area contributed by atoms with Crippen molar-refractivity contribution in [1.29, 1.82) is 0 Å². The van der Waals surface area contributed by atoms with E-state index in [0.29, 0.717) is 11.1 Å². The van der Waals surface area contributed by atoms with E-state index in [0.717, 1.165) is 61.1 Å². The molecule has 3 heterocycles. The van der Waals surface area contributed by atoms with Gasteiger partial charge in [0.15, 0.2) is 0 Å². The van der Waals surface area contributed by atoms with Crippen LogP contribution in [-0.2, 0) is 20.1 Å². The molecule has 57 heavy (non-hydrogen) atoms. The van der Waals surface area contributed by atoms with Gasteiger partial charge in [0.2, 0.25) is 0 Å². The first-order valence-corrected chi connectivity index (χ1v) is 26.2. The summed E-state index contributed by atoms with van der Waals surface area (Å²) >= 11 is -1.96. The van der Waals surface area contributed by atoms with E-state index in [1.165, 1.54) is 26.6 Å². The molecule has 0 aliphatic rings. The molecule has 1 radical (unpaired) electrons. The molecular formula is C52H44GeIrN2O-2. The van der Waals surface area contributed by atoms with Gasteiger partial charge in [0.05, 0.1) is 5.58 Å². The van der Waals surface area contributed by atoms with Crippen molar-refractivity contribution >= 4 is 39.6 Å².